The second kappa shape index (κ2) is 9.15. The number of hydrogen-bond donors (Lipinski definition) is 1. The van der Waals surface area contributed by atoms with Crippen LogP contribution in [0.1, 0.15) is 112 Å². The van der Waals surface area contributed by atoms with Gasteiger partial charge in [0.1, 0.15) is 0 Å². The molecule has 0 bridgehead atoms. The molecule has 32 heavy (non-hydrogen) atoms. The lowest BCUT2D eigenvalue weighted by Crippen LogP contribution is -2.54. The molecule has 5 heteroatoms. The second-order valence-corrected chi connectivity index (χ2v) is 14.2. The molecule has 0 spiro atoms. The van der Waals surface area contributed by atoms with E-state index in [1.54, 1.807) is 0 Å². The van der Waals surface area contributed by atoms with E-state index in [9.17, 15) is 8.42 Å². The summed E-state index contributed by atoms with van der Waals surface area (Å²) in [5.41, 5.74) is 0.831. The van der Waals surface area contributed by atoms with Crippen molar-refractivity contribution in [3.05, 3.63) is 0 Å². The van der Waals surface area contributed by atoms with Crippen molar-refractivity contribution in [3.8, 4) is 0 Å². The first kappa shape index (κ1) is 25.0. The Hall–Kier alpha value is -0.130. The van der Waals surface area contributed by atoms with Crippen LogP contribution >= 0.6 is 0 Å². The quantitative estimate of drug-likeness (QED) is 0.398. The first-order chi connectivity index (χ1) is 14.9. The molecule has 0 aliphatic heterocycles. The van der Waals surface area contributed by atoms with Crippen LogP contribution in [-0.4, -0.2) is 19.1 Å². The summed E-state index contributed by atoms with van der Waals surface area (Å²) < 4.78 is 36.6. The van der Waals surface area contributed by atoms with Crippen molar-refractivity contribution in [1.82, 2.24) is 0 Å². The average Bonchev–Trinajstić information content (AvgIpc) is 3.04. The Morgan fingerprint density at radius 3 is 2.28 bits per heavy atom. The predicted octanol–water partition coefficient (Wildman–Crippen LogP) is 7.30. The van der Waals surface area contributed by atoms with Gasteiger partial charge in [-0.2, -0.15) is 8.42 Å². The summed E-state index contributed by atoms with van der Waals surface area (Å²) in [5.74, 6) is 5.59. The lowest BCUT2D eigenvalue weighted by Gasteiger charge is -2.61. The Bertz CT molecular complexity index is 764. The Morgan fingerprint density at radius 1 is 0.906 bits per heavy atom. The fraction of sp³-hybridized carbons (Fsp3) is 1.00. The van der Waals surface area contributed by atoms with Crippen molar-refractivity contribution in [2.24, 2.45) is 52.3 Å². The molecule has 4 aliphatic rings. The molecule has 0 amide bonds. The van der Waals surface area contributed by atoms with E-state index in [1.165, 1.54) is 57.8 Å². The van der Waals surface area contributed by atoms with Gasteiger partial charge < -0.3 is 0 Å². The highest BCUT2D eigenvalue weighted by Crippen LogP contribution is 2.68. The zero-order valence-electron chi connectivity index (χ0n) is 21.2. The molecule has 186 valence electrons. The van der Waals surface area contributed by atoms with E-state index in [2.05, 4.69) is 34.6 Å². The molecule has 4 aliphatic carbocycles. The van der Waals surface area contributed by atoms with E-state index in [0.717, 1.165) is 54.8 Å². The summed E-state index contributed by atoms with van der Waals surface area (Å²) >= 11 is 0. The van der Waals surface area contributed by atoms with Gasteiger partial charge in [-0.15, -0.1) is 0 Å². The van der Waals surface area contributed by atoms with Gasteiger partial charge in [-0.25, -0.2) is 4.18 Å². The zero-order chi connectivity index (χ0) is 23.3. The third kappa shape index (κ3) is 4.69. The summed E-state index contributed by atoms with van der Waals surface area (Å²) in [7, 11) is -4.35. The van der Waals surface area contributed by atoms with Crippen molar-refractivity contribution in [3.63, 3.8) is 0 Å². The summed E-state index contributed by atoms with van der Waals surface area (Å²) in [6.07, 6.45) is 14.5. The fourth-order valence-corrected chi connectivity index (χ4v) is 10.0. The van der Waals surface area contributed by atoms with Crippen LogP contribution in [0.3, 0.4) is 0 Å². The summed E-state index contributed by atoms with van der Waals surface area (Å²) in [5, 5.41) is 0. The first-order valence-corrected chi connectivity index (χ1v) is 15.0. The maximum Gasteiger partial charge on any atom is 0.397 e. The smallest absolute Gasteiger partial charge is 0.264 e. The lowest BCUT2D eigenvalue weighted by atomic mass is 9.44. The van der Waals surface area contributed by atoms with Crippen LogP contribution in [0, 0.1) is 52.3 Å². The number of hydrogen-bond acceptors (Lipinski definition) is 3. The molecule has 9 atom stereocenters. The molecule has 0 aromatic rings. The molecule has 0 aromatic heterocycles. The van der Waals surface area contributed by atoms with Gasteiger partial charge in [-0.3, -0.25) is 4.55 Å². The molecule has 0 aromatic carbocycles. The SMILES string of the molecule is CC(C)CCC[C@@H](C)[C@@H]1CC[C@@H]2[C@@H]3CC[C@H]4C[C@H](OS(=O)(=O)O)CC[C@]4(C)[C@H]3CC[C@@]21C. The zero-order valence-corrected chi connectivity index (χ0v) is 22.0. The van der Waals surface area contributed by atoms with Gasteiger partial charge in [-0.1, -0.05) is 53.9 Å². The summed E-state index contributed by atoms with van der Waals surface area (Å²) in [6.45, 7) is 12.4. The minimum atomic E-state index is -4.35. The van der Waals surface area contributed by atoms with Crippen molar-refractivity contribution >= 4 is 10.4 Å². The largest absolute Gasteiger partial charge is 0.397 e. The topological polar surface area (TPSA) is 63.6 Å². The molecule has 0 heterocycles. The fourth-order valence-electron chi connectivity index (χ4n) is 9.50. The van der Waals surface area contributed by atoms with E-state index >= 15 is 0 Å². The Morgan fingerprint density at radius 2 is 1.59 bits per heavy atom. The maximum absolute atomic E-state index is 11.2. The second-order valence-electron chi connectivity index (χ2n) is 13.1. The van der Waals surface area contributed by atoms with E-state index in [1.807, 2.05) is 0 Å². The van der Waals surface area contributed by atoms with Crippen LogP contribution in [-0.2, 0) is 14.6 Å². The van der Waals surface area contributed by atoms with E-state index in [-0.39, 0.29) is 6.10 Å². The molecule has 4 saturated carbocycles. The molecular formula is C27H48O4S. The minimum absolute atomic E-state index is 0.310. The molecule has 0 radical (unpaired) electrons. The summed E-state index contributed by atoms with van der Waals surface area (Å²) in [4.78, 5) is 0. The van der Waals surface area contributed by atoms with Crippen LogP contribution in [0.15, 0.2) is 0 Å². The Labute approximate surface area is 197 Å². The monoisotopic (exact) mass is 468 g/mol. The van der Waals surface area contributed by atoms with E-state index < -0.39 is 10.4 Å². The van der Waals surface area contributed by atoms with Crippen molar-refractivity contribution in [2.75, 3.05) is 0 Å². The van der Waals surface area contributed by atoms with Crippen LogP contribution in [0.4, 0.5) is 0 Å². The predicted molar refractivity (Wildman–Crippen MR) is 129 cm³/mol. The highest BCUT2D eigenvalue weighted by molar-refractivity contribution is 7.80. The molecule has 1 N–H and O–H groups in total. The maximum atomic E-state index is 11.2. The Kier molecular flexibility index (Phi) is 7.14. The summed E-state index contributed by atoms with van der Waals surface area (Å²) in [6, 6.07) is 0. The highest BCUT2D eigenvalue weighted by Gasteiger charge is 2.60. The number of rotatable bonds is 7. The third-order valence-corrected chi connectivity index (χ3v) is 11.6. The van der Waals surface area contributed by atoms with Gasteiger partial charge in [0.05, 0.1) is 6.10 Å². The normalized spacial score (nSPS) is 45.2. The molecule has 4 fully saturated rings. The van der Waals surface area contributed by atoms with Gasteiger partial charge in [0.15, 0.2) is 0 Å². The van der Waals surface area contributed by atoms with Gasteiger partial charge in [0.25, 0.3) is 0 Å². The third-order valence-electron chi connectivity index (χ3n) is 11.1. The molecule has 4 rings (SSSR count). The van der Waals surface area contributed by atoms with Crippen LogP contribution < -0.4 is 0 Å². The van der Waals surface area contributed by atoms with Crippen LogP contribution in [0.25, 0.3) is 0 Å². The van der Waals surface area contributed by atoms with E-state index in [4.69, 9.17) is 8.74 Å². The van der Waals surface area contributed by atoms with Crippen molar-refractivity contribution < 1.29 is 17.2 Å². The lowest BCUT2D eigenvalue weighted by molar-refractivity contribution is -0.127. The van der Waals surface area contributed by atoms with Gasteiger partial charge >= 0.3 is 10.4 Å². The van der Waals surface area contributed by atoms with Gasteiger partial charge in [0, 0.05) is 0 Å². The van der Waals surface area contributed by atoms with Gasteiger partial charge in [0.2, 0.25) is 0 Å². The minimum Gasteiger partial charge on any atom is -0.264 e. The molecule has 0 unspecified atom stereocenters. The average molecular weight is 469 g/mol. The molecular weight excluding hydrogens is 420 g/mol. The van der Waals surface area contributed by atoms with Crippen molar-refractivity contribution in [2.45, 2.75) is 118 Å². The number of fused-ring (bicyclic) bond motifs is 5. The first-order valence-electron chi connectivity index (χ1n) is 13.6. The highest BCUT2D eigenvalue weighted by atomic mass is 32.3. The van der Waals surface area contributed by atoms with Crippen LogP contribution in [0.2, 0.25) is 0 Å². The Balaban J connectivity index is 1.43. The standard InChI is InChI=1S/C27H48O4S/c1-18(2)7-6-8-19(3)23-11-12-24-22-10-9-20-17-21(31-32(28,29)30)13-15-26(20,4)25(22)14-16-27(23,24)5/h18-25H,6-17H2,1-5H3,(H,28,29,30)/t19-,20+,21-,22+,23+,24-,25+,26+,27-/m1/s1. The molecule has 4 nitrogen and oxygen atoms in total. The van der Waals surface area contributed by atoms with Gasteiger partial charge in [-0.05, 0) is 110 Å². The molecule has 0 saturated heterocycles. The van der Waals surface area contributed by atoms with Crippen molar-refractivity contribution in [1.29, 1.82) is 0 Å². The van der Waals surface area contributed by atoms with E-state index in [0.29, 0.717) is 16.7 Å². The van der Waals surface area contributed by atoms with Crippen LogP contribution in [0.5, 0.6) is 0 Å².